The van der Waals surface area contributed by atoms with Crippen LogP contribution in [-0.4, -0.2) is 18.4 Å². The predicted molar refractivity (Wildman–Crippen MR) is 52.8 cm³/mol. The second-order valence-electron chi connectivity index (χ2n) is 3.76. The number of hydrogen-bond donors (Lipinski definition) is 0. The Balaban J connectivity index is 2.68. The van der Waals surface area contributed by atoms with E-state index in [9.17, 15) is 9.59 Å². The molecule has 3 nitrogen and oxygen atoms in total. The van der Waals surface area contributed by atoms with Gasteiger partial charge in [-0.3, -0.25) is 9.59 Å². The Bertz CT molecular complexity index is 223. The first-order valence-electron chi connectivity index (χ1n) is 5.40. The molecule has 2 atom stereocenters. The van der Waals surface area contributed by atoms with Gasteiger partial charge >= 0.3 is 5.97 Å². The quantitative estimate of drug-likeness (QED) is 0.514. The number of carbonyl (C=O) groups is 2. The van der Waals surface area contributed by atoms with Gasteiger partial charge in [0.1, 0.15) is 11.7 Å². The summed E-state index contributed by atoms with van der Waals surface area (Å²) >= 11 is 0. The molecule has 0 bridgehead atoms. The van der Waals surface area contributed by atoms with E-state index >= 15 is 0 Å². The fourth-order valence-electron chi connectivity index (χ4n) is 2.12. The number of ether oxygens (including phenoxy) is 1. The van der Waals surface area contributed by atoms with Crippen LogP contribution in [0.3, 0.4) is 0 Å². The van der Waals surface area contributed by atoms with Crippen molar-refractivity contribution in [1.29, 1.82) is 0 Å². The molecule has 0 radical (unpaired) electrons. The Morgan fingerprint density at radius 1 is 1.50 bits per heavy atom. The van der Waals surface area contributed by atoms with E-state index in [0.29, 0.717) is 13.0 Å². The second kappa shape index (κ2) is 5.13. The Morgan fingerprint density at radius 3 is 2.79 bits per heavy atom. The zero-order valence-electron chi connectivity index (χ0n) is 8.91. The van der Waals surface area contributed by atoms with Gasteiger partial charge in [0.25, 0.3) is 0 Å². The third-order valence-electron chi connectivity index (χ3n) is 2.88. The van der Waals surface area contributed by atoms with Gasteiger partial charge < -0.3 is 4.74 Å². The maximum absolute atomic E-state index is 11.6. The Morgan fingerprint density at radius 2 is 2.21 bits per heavy atom. The molecule has 1 rings (SSSR count). The van der Waals surface area contributed by atoms with Crippen LogP contribution < -0.4 is 0 Å². The molecule has 2 unspecified atom stereocenters. The molecule has 0 aromatic carbocycles. The smallest absolute Gasteiger partial charge is 0.316 e. The molecular weight excluding hydrogens is 180 g/mol. The van der Waals surface area contributed by atoms with E-state index in [2.05, 4.69) is 0 Å². The van der Waals surface area contributed by atoms with Crippen LogP contribution in [-0.2, 0) is 14.3 Å². The summed E-state index contributed by atoms with van der Waals surface area (Å²) in [6.45, 7) is 4.15. The van der Waals surface area contributed by atoms with Crippen LogP contribution in [0.25, 0.3) is 0 Å². The van der Waals surface area contributed by atoms with Gasteiger partial charge in [-0.1, -0.05) is 13.3 Å². The molecule has 0 aliphatic heterocycles. The lowest BCUT2D eigenvalue weighted by Gasteiger charge is -2.27. The molecule has 0 aromatic rings. The molecule has 3 heteroatoms. The van der Waals surface area contributed by atoms with Gasteiger partial charge in [-0.2, -0.15) is 0 Å². The van der Waals surface area contributed by atoms with Crippen molar-refractivity contribution in [3.8, 4) is 0 Å². The van der Waals surface area contributed by atoms with Crippen LogP contribution in [0.2, 0.25) is 0 Å². The van der Waals surface area contributed by atoms with Gasteiger partial charge in [0, 0.05) is 6.42 Å². The molecule has 1 saturated carbocycles. The van der Waals surface area contributed by atoms with E-state index < -0.39 is 5.92 Å². The van der Waals surface area contributed by atoms with Gasteiger partial charge in [-0.15, -0.1) is 0 Å². The van der Waals surface area contributed by atoms with Crippen LogP contribution in [0.1, 0.15) is 39.5 Å². The van der Waals surface area contributed by atoms with Crippen LogP contribution in [0.5, 0.6) is 0 Å². The highest BCUT2D eigenvalue weighted by Gasteiger charge is 2.37. The van der Waals surface area contributed by atoms with Gasteiger partial charge in [-0.25, -0.2) is 0 Å². The predicted octanol–water partition coefficient (Wildman–Crippen LogP) is 1.94. The van der Waals surface area contributed by atoms with Crippen molar-refractivity contribution in [1.82, 2.24) is 0 Å². The molecule has 0 amide bonds. The van der Waals surface area contributed by atoms with Gasteiger partial charge in [-0.05, 0) is 25.7 Å². The Labute approximate surface area is 84.8 Å². The van der Waals surface area contributed by atoms with E-state index in [-0.39, 0.29) is 17.7 Å². The maximum Gasteiger partial charge on any atom is 0.316 e. The minimum absolute atomic E-state index is 0.0709. The van der Waals surface area contributed by atoms with Crippen LogP contribution in [0.15, 0.2) is 0 Å². The number of esters is 1. The monoisotopic (exact) mass is 198 g/mol. The van der Waals surface area contributed by atoms with Gasteiger partial charge in [0.2, 0.25) is 0 Å². The summed E-state index contributed by atoms with van der Waals surface area (Å²) in [5.74, 6) is -0.519. The van der Waals surface area contributed by atoms with Crippen LogP contribution in [0.4, 0.5) is 0 Å². The fraction of sp³-hybridized carbons (Fsp3) is 0.818. The Kier molecular flexibility index (Phi) is 4.11. The number of hydrogen-bond acceptors (Lipinski definition) is 3. The number of Topliss-reactive ketones (excluding diaryl/α,β-unsaturated/α-hetero) is 1. The van der Waals surface area contributed by atoms with E-state index in [1.54, 1.807) is 6.92 Å². The van der Waals surface area contributed by atoms with Crippen molar-refractivity contribution in [3.05, 3.63) is 0 Å². The minimum Gasteiger partial charge on any atom is -0.465 e. The summed E-state index contributed by atoms with van der Waals surface area (Å²) in [7, 11) is 0. The summed E-state index contributed by atoms with van der Waals surface area (Å²) in [4.78, 5) is 23.1. The summed E-state index contributed by atoms with van der Waals surface area (Å²) in [6, 6.07) is 0. The van der Waals surface area contributed by atoms with Crippen LogP contribution in [0, 0.1) is 11.8 Å². The molecule has 1 aliphatic carbocycles. The minimum atomic E-state index is -0.478. The van der Waals surface area contributed by atoms with Crippen molar-refractivity contribution < 1.29 is 14.3 Å². The molecule has 14 heavy (non-hydrogen) atoms. The summed E-state index contributed by atoms with van der Waals surface area (Å²) in [5, 5.41) is 0. The molecule has 0 aromatic heterocycles. The molecular formula is C11H18O3. The summed E-state index contributed by atoms with van der Waals surface area (Å²) in [5.41, 5.74) is 0. The fourth-order valence-corrected chi connectivity index (χ4v) is 2.12. The molecule has 1 fully saturated rings. The van der Waals surface area contributed by atoms with Crippen molar-refractivity contribution >= 4 is 11.8 Å². The van der Waals surface area contributed by atoms with Gasteiger partial charge in [0.15, 0.2) is 0 Å². The zero-order chi connectivity index (χ0) is 10.6. The van der Waals surface area contributed by atoms with Gasteiger partial charge in [0.05, 0.1) is 6.61 Å². The molecule has 1 aliphatic rings. The number of rotatable bonds is 3. The average molecular weight is 198 g/mol. The van der Waals surface area contributed by atoms with Crippen LogP contribution >= 0.6 is 0 Å². The first kappa shape index (κ1) is 11.2. The molecule has 0 saturated heterocycles. The molecule has 80 valence electrons. The zero-order valence-corrected chi connectivity index (χ0v) is 8.91. The number of carbonyl (C=O) groups excluding carboxylic acids is 2. The standard InChI is InChI=1S/C11H18O3/c1-3-8-6-5-7-9(12)10(8)11(13)14-4-2/h8,10H,3-7H2,1-2H3. The largest absolute Gasteiger partial charge is 0.465 e. The third-order valence-corrected chi connectivity index (χ3v) is 2.88. The van der Waals surface area contributed by atoms with E-state index in [0.717, 1.165) is 19.3 Å². The molecule has 0 heterocycles. The molecule has 0 N–H and O–H groups in total. The van der Waals surface area contributed by atoms with E-state index in [1.807, 2.05) is 6.92 Å². The first-order valence-corrected chi connectivity index (χ1v) is 5.40. The third kappa shape index (κ3) is 2.34. The first-order chi connectivity index (χ1) is 6.70. The number of ketones is 1. The van der Waals surface area contributed by atoms with E-state index in [4.69, 9.17) is 4.74 Å². The van der Waals surface area contributed by atoms with Crippen molar-refractivity contribution in [2.24, 2.45) is 11.8 Å². The van der Waals surface area contributed by atoms with Crippen molar-refractivity contribution in [3.63, 3.8) is 0 Å². The topological polar surface area (TPSA) is 43.4 Å². The lowest BCUT2D eigenvalue weighted by atomic mass is 9.77. The molecule has 0 spiro atoms. The second-order valence-corrected chi connectivity index (χ2v) is 3.76. The highest BCUT2D eigenvalue weighted by atomic mass is 16.5. The normalized spacial score (nSPS) is 27.4. The SMILES string of the molecule is CCOC(=O)C1C(=O)CCCC1CC. The van der Waals surface area contributed by atoms with Crippen molar-refractivity contribution in [2.45, 2.75) is 39.5 Å². The lowest BCUT2D eigenvalue weighted by molar-refractivity contribution is -0.155. The summed E-state index contributed by atoms with van der Waals surface area (Å²) in [6.07, 6.45) is 3.33. The van der Waals surface area contributed by atoms with E-state index in [1.165, 1.54) is 0 Å². The van der Waals surface area contributed by atoms with Crippen molar-refractivity contribution in [2.75, 3.05) is 6.61 Å². The highest BCUT2D eigenvalue weighted by Crippen LogP contribution is 2.30. The maximum atomic E-state index is 11.6. The average Bonchev–Trinajstić information content (AvgIpc) is 2.17. The summed E-state index contributed by atoms with van der Waals surface area (Å²) < 4.78 is 4.92. The Hall–Kier alpha value is -0.860. The lowest BCUT2D eigenvalue weighted by Crippen LogP contribution is -2.35. The highest BCUT2D eigenvalue weighted by molar-refractivity contribution is 5.99.